The molecule has 1 aromatic carbocycles. The molecule has 1 aliphatic rings. The maximum absolute atomic E-state index is 13.6. The fourth-order valence-electron chi connectivity index (χ4n) is 4.79. The Morgan fingerprint density at radius 1 is 1.14 bits per heavy atom. The monoisotopic (exact) mass is 485 g/mol. The Kier molecular flexibility index (Phi) is 6.84. The normalized spacial score (nSPS) is 15.2. The van der Waals surface area contributed by atoms with Gasteiger partial charge in [0.1, 0.15) is 11.3 Å². The van der Waals surface area contributed by atoms with Gasteiger partial charge >= 0.3 is 0 Å². The molecule has 0 unspecified atom stereocenters. The lowest BCUT2D eigenvalue weighted by atomic mass is 9.95. The van der Waals surface area contributed by atoms with Crippen LogP contribution in [0.4, 0.5) is 5.82 Å². The number of carbonyl (C=O) groups excluding carboxylic acids is 1. The number of hydrogen-bond acceptors (Lipinski definition) is 6. The summed E-state index contributed by atoms with van der Waals surface area (Å²) in [5.74, 6) is 1.25. The quantitative estimate of drug-likeness (QED) is 0.429. The molecule has 186 valence electrons. The number of aromatic nitrogens is 3. The van der Waals surface area contributed by atoms with Gasteiger partial charge < -0.3 is 14.6 Å². The summed E-state index contributed by atoms with van der Waals surface area (Å²) < 4.78 is 7.09. The molecule has 0 spiro atoms. The molecule has 0 aliphatic carbocycles. The number of aryl methyl sites for hydroxylation is 1. The second-order valence-corrected chi connectivity index (χ2v) is 9.61. The van der Waals surface area contributed by atoms with Crippen LogP contribution in [0, 0.1) is 12.8 Å². The summed E-state index contributed by atoms with van der Waals surface area (Å²) in [6.45, 7) is 5.65. The lowest BCUT2D eigenvalue weighted by Gasteiger charge is -2.32. The maximum Gasteiger partial charge on any atom is 0.295 e. The van der Waals surface area contributed by atoms with Crippen LogP contribution in [0.1, 0.15) is 36.7 Å². The Bertz CT molecular complexity index is 1390. The lowest BCUT2D eigenvalue weighted by Crippen LogP contribution is -2.45. The van der Waals surface area contributed by atoms with Crippen molar-refractivity contribution in [3.8, 4) is 0 Å². The molecule has 4 aromatic rings. The summed E-state index contributed by atoms with van der Waals surface area (Å²) in [5, 5.41) is 3.11. The van der Waals surface area contributed by atoms with Gasteiger partial charge in [0.05, 0.1) is 12.8 Å². The van der Waals surface area contributed by atoms with E-state index in [4.69, 9.17) is 9.40 Å². The number of carbonyl (C=O) groups is 1. The van der Waals surface area contributed by atoms with Gasteiger partial charge in [-0.1, -0.05) is 29.8 Å². The Hall–Kier alpha value is -3.94. The third-order valence-corrected chi connectivity index (χ3v) is 6.79. The molecular weight excluding hydrogens is 454 g/mol. The molecule has 1 fully saturated rings. The van der Waals surface area contributed by atoms with Gasteiger partial charge in [-0.05, 0) is 56.5 Å². The second-order valence-electron chi connectivity index (χ2n) is 9.61. The smallest absolute Gasteiger partial charge is 0.295 e. The van der Waals surface area contributed by atoms with Gasteiger partial charge in [0.15, 0.2) is 11.5 Å². The van der Waals surface area contributed by atoms with Crippen LogP contribution in [-0.4, -0.2) is 39.6 Å². The number of rotatable bonds is 7. The largest absolute Gasteiger partial charge is 0.469 e. The molecule has 0 radical (unpaired) electrons. The predicted molar refractivity (Wildman–Crippen MR) is 139 cm³/mol. The van der Waals surface area contributed by atoms with Crippen LogP contribution in [0.25, 0.3) is 11.2 Å². The van der Waals surface area contributed by atoms with Gasteiger partial charge in [0, 0.05) is 37.7 Å². The van der Waals surface area contributed by atoms with Gasteiger partial charge in [0.25, 0.3) is 5.56 Å². The number of fused-ring (bicyclic) bond motifs is 1. The molecule has 1 saturated heterocycles. The van der Waals surface area contributed by atoms with E-state index in [2.05, 4.69) is 10.3 Å². The highest BCUT2D eigenvalue weighted by atomic mass is 16.3. The first-order chi connectivity index (χ1) is 17.5. The molecule has 0 saturated carbocycles. The Morgan fingerprint density at radius 2 is 1.92 bits per heavy atom. The maximum atomic E-state index is 13.6. The van der Waals surface area contributed by atoms with Crippen molar-refractivity contribution in [1.29, 1.82) is 0 Å². The molecule has 1 atom stereocenters. The summed E-state index contributed by atoms with van der Waals surface area (Å²) in [7, 11) is 0. The predicted octanol–water partition coefficient (Wildman–Crippen LogP) is 3.71. The minimum Gasteiger partial charge on any atom is -0.469 e. The zero-order valence-electron chi connectivity index (χ0n) is 20.7. The van der Waals surface area contributed by atoms with E-state index < -0.39 is 0 Å². The average Bonchev–Trinajstić information content (AvgIpc) is 3.39. The highest BCUT2D eigenvalue weighted by Crippen LogP contribution is 2.22. The molecule has 8 nitrogen and oxygen atoms in total. The highest BCUT2D eigenvalue weighted by molar-refractivity contribution is 5.79. The van der Waals surface area contributed by atoms with Crippen LogP contribution in [0.3, 0.4) is 0 Å². The van der Waals surface area contributed by atoms with E-state index in [-0.39, 0.29) is 23.4 Å². The number of furan rings is 1. The van der Waals surface area contributed by atoms with Crippen LogP contribution < -0.4 is 15.8 Å². The molecule has 8 heteroatoms. The summed E-state index contributed by atoms with van der Waals surface area (Å²) >= 11 is 0. The second kappa shape index (κ2) is 10.4. The molecular formula is C28H31N5O3. The standard InChI is InChI=1S/C28H31N5O3/c1-19-7-9-21(10-8-19)18-33-25-24(6-3-13-29-25)31-26(28(33)35)32-14-11-22(12-15-32)27(34)30-20(2)17-23-5-4-16-36-23/h3-10,13,16,20,22H,11-12,14-15,17-18H2,1-2H3,(H,30,34)/t20-/m1/s1. The molecule has 4 heterocycles. The summed E-state index contributed by atoms with van der Waals surface area (Å²) in [4.78, 5) is 37.6. The summed E-state index contributed by atoms with van der Waals surface area (Å²) in [5.41, 5.74) is 3.31. The fourth-order valence-corrected chi connectivity index (χ4v) is 4.79. The highest BCUT2D eigenvalue weighted by Gasteiger charge is 2.28. The van der Waals surface area contributed by atoms with Crippen molar-refractivity contribution in [3.63, 3.8) is 0 Å². The summed E-state index contributed by atoms with van der Waals surface area (Å²) in [6, 6.07) is 15.6. The lowest BCUT2D eigenvalue weighted by molar-refractivity contribution is -0.126. The number of anilines is 1. The van der Waals surface area contributed by atoms with E-state index in [9.17, 15) is 9.59 Å². The van der Waals surface area contributed by atoms with E-state index in [1.54, 1.807) is 17.0 Å². The number of amides is 1. The van der Waals surface area contributed by atoms with E-state index in [0.717, 1.165) is 11.3 Å². The number of piperidine rings is 1. The van der Waals surface area contributed by atoms with Crippen molar-refractivity contribution in [2.24, 2.45) is 5.92 Å². The van der Waals surface area contributed by atoms with Crippen molar-refractivity contribution in [2.45, 2.75) is 45.7 Å². The molecule has 0 bridgehead atoms. The van der Waals surface area contributed by atoms with Crippen LogP contribution in [0.2, 0.25) is 0 Å². The number of hydrogen-bond donors (Lipinski definition) is 1. The Morgan fingerprint density at radius 3 is 2.64 bits per heavy atom. The Balaban J connectivity index is 1.31. The minimum atomic E-state index is -0.156. The molecule has 1 aliphatic heterocycles. The number of benzene rings is 1. The van der Waals surface area contributed by atoms with Crippen LogP contribution in [0.5, 0.6) is 0 Å². The molecule has 5 rings (SSSR count). The van der Waals surface area contributed by atoms with Crippen LogP contribution in [0.15, 0.2) is 70.2 Å². The summed E-state index contributed by atoms with van der Waals surface area (Å²) in [6.07, 6.45) is 5.33. The first kappa shape index (κ1) is 23.8. The number of nitrogens with zero attached hydrogens (tertiary/aromatic N) is 4. The molecule has 36 heavy (non-hydrogen) atoms. The van der Waals surface area contributed by atoms with Crippen molar-refractivity contribution in [3.05, 3.63) is 88.2 Å². The van der Waals surface area contributed by atoms with Gasteiger partial charge in [0.2, 0.25) is 5.91 Å². The van der Waals surface area contributed by atoms with E-state index in [1.807, 2.05) is 67.3 Å². The first-order valence-electron chi connectivity index (χ1n) is 12.5. The van der Waals surface area contributed by atoms with E-state index >= 15 is 0 Å². The number of nitrogens with one attached hydrogen (secondary N) is 1. The van der Waals surface area contributed by atoms with Gasteiger partial charge in [-0.3, -0.25) is 14.2 Å². The van der Waals surface area contributed by atoms with Gasteiger partial charge in [-0.15, -0.1) is 0 Å². The average molecular weight is 486 g/mol. The topological polar surface area (TPSA) is 93.3 Å². The van der Waals surface area contributed by atoms with Gasteiger partial charge in [-0.2, -0.15) is 0 Å². The molecule has 1 N–H and O–H groups in total. The zero-order chi connectivity index (χ0) is 25.1. The van der Waals surface area contributed by atoms with E-state index in [1.165, 1.54) is 5.56 Å². The van der Waals surface area contributed by atoms with Crippen LogP contribution in [-0.2, 0) is 17.8 Å². The van der Waals surface area contributed by atoms with Crippen molar-refractivity contribution in [1.82, 2.24) is 19.9 Å². The third kappa shape index (κ3) is 5.17. The van der Waals surface area contributed by atoms with Crippen molar-refractivity contribution >= 4 is 22.9 Å². The third-order valence-electron chi connectivity index (χ3n) is 6.79. The molecule has 3 aromatic heterocycles. The number of pyridine rings is 1. The molecule has 1 amide bonds. The zero-order valence-corrected chi connectivity index (χ0v) is 20.7. The first-order valence-corrected chi connectivity index (χ1v) is 12.5. The Labute approximate surface area is 210 Å². The van der Waals surface area contributed by atoms with Gasteiger partial charge in [-0.25, -0.2) is 9.97 Å². The van der Waals surface area contributed by atoms with Crippen molar-refractivity contribution < 1.29 is 9.21 Å². The van der Waals surface area contributed by atoms with Crippen LogP contribution >= 0.6 is 0 Å². The van der Waals surface area contributed by atoms with E-state index in [0.29, 0.717) is 55.9 Å². The van der Waals surface area contributed by atoms with Crippen molar-refractivity contribution in [2.75, 3.05) is 18.0 Å². The fraction of sp³-hybridized carbons (Fsp3) is 0.357. The SMILES string of the molecule is Cc1ccc(Cn2c(=O)c(N3CCC(C(=O)N[C@H](C)Cc4ccco4)CC3)nc3cccnc32)cc1. The minimum absolute atomic E-state index is 0.00897.